The SMILES string of the molecule is COc1ccc(C2SCC(=O)N2C(C2=CC=CCC2)C2=COC=CO2)cc1OC1CCCC1. The van der Waals surface area contributed by atoms with Gasteiger partial charge in [0, 0.05) is 0 Å². The van der Waals surface area contributed by atoms with Crippen LogP contribution in [0.3, 0.4) is 0 Å². The van der Waals surface area contributed by atoms with Gasteiger partial charge in [-0.05, 0) is 61.8 Å². The highest BCUT2D eigenvalue weighted by atomic mass is 32.2. The number of amides is 1. The highest BCUT2D eigenvalue weighted by Gasteiger charge is 2.42. The highest BCUT2D eigenvalue weighted by Crippen LogP contribution is 2.46. The molecule has 2 fully saturated rings. The number of hydrogen-bond acceptors (Lipinski definition) is 6. The summed E-state index contributed by atoms with van der Waals surface area (Å²) in [5.41, 5.74) is 2.16. The first-order valence-electron chi connectivity index (χ1n) is 11.5. The van der Waals surface area contributed by atoms with Gasteiger partial charge in [0.1, 0.15) is 30.2 Å². The number of rotatable bonds is 7. The Kier molecular flexibility index (Phi) is 6.67. The number of ether oxygens (including phenoxy) is 4. The molecule has 0 spiro atoms. The number of methoxy groups -OCH3 is 1. The Morgan fingerprint density at radius 3 is 2.79 bits per heavy atom. The van der Waals surface area contributed by atoms with Crippen LogP contribution in [0.4, 0.5) is 0 Å². The van der Waals surface area contributed by atoms with Crippen molar-refractivity contribution < 1.29 is 23.7 Å². The molecule has 0 radical (unpaired) electrons. The van der Waals surface area contributed by atoms with Crippen molar-refractivity contribution in [2.75, 3.05) is 12.9 Å². The summed E-state index contributed by atoms with van der Waals surface area (Å²) in [6, 6.07) is 5.69. The number of thioether (sulfide) groups is 1. The number of carbonyl (C=O) groups is 1. The Morgan fingerprint density at radius 2 is 2.06 bits per heavy atom. The van der Waals surface area contributed by atoms with Crippen molar-refractivity contribution in [1.29, 1.82) is 0 Å². The summed E-state index contributed by atoms with van der Waals surface area (Å²) in [5.74, 6) is 2.59. The Bertz CT molecular complexity index is 1010. The van der Waals surface area contributed by atoms with E-state index < -0.39 is 0 Å². The van der Waals surface area contributed by atoms with Crippen molar-refractivity contribution in [1.82, 2.24) is 4.90 Å². The van der Waals surface area contributed by atoms with Gasteiger partial charge in [0.05, 0.1) is 19.0 Å². The van der Waals surface area contributed by atoms with Crippen LogP contribution in [-0.2, 0) is 14.3 Å². The zero-order chi connectivity index (χ0) is 22.6. The Morgan fingerprint density at radius 1 is 1.18 bits per heavy atom. The van der Waals surface area contributed by atoms with Gasteiger partial charge < -0.3 is 23.8 Å². The summed E-state index contributed by atoms with van der Waals surface area (Å²) in [4.78, 5) is 15.2. The van der Waals surface area contributed by atoms with Gasteiger partial charge in [-0.15, -0.1) is 11.8 Å². The van der Waals surface area contributed by atoms with Gasteiger partial charge in [0.15, 0.2) is 17.3 Å². The minimum atomic E-state index is -0.325. The van der Waals surface area contributed by atoms with Crippen molar-refractivity contribution in [2.24, 2.45) is 0 Å². The number of carbonyl (C=O) groups excluding carboxylic acids is 1. The van der Waals surface area contributed by atoms with Crippen LogP contribution in [0.5, 0.6) is 11.5 Å². The lowest BCUT2D eigenvalue weighted by Crippen LogP contribution is -2.41. The average molecular weight is 468 g/mol. The molecule has 4 aliphatic rings. The molecular weight excluding hydrogens is 438 g/mol. The number of nitrogens with zero attached hydrogens (tertiary/aromatic N) is 1. The van der Waals surface area contributed by atoms with E-state index in [2.05, 4.69) is 18.2 Å². The molecule has 2 aliphatic carbocycles. The van der Waals surface area contributed by atoms with E-state index >= 15 is 0 Å². The van der Waals surface area contributed by atoms with Crippen LogP contribution in [0.15, 0.2) is 66.5 Å². The summed E-state index contributed by atoms with van der Waals surface area (Å²) in [6.07, 6.45) is 17.4. The van der Waals surface area contributed by atoms with E-state index in [0.29, 0.717) is 11.5 Å². The van der Waals surface area contributed by atoms with Crippen molar-refractivity contribution in [3.8, 4) is 11.5 Å². The fourth-order valence-electron chi connectivity index (χ4n) is 4.85. The number of benzene rings is 1. The van der Waals surface area contributed by atoms with E-state index in [0.717, 1.165) is 48.3 Å². The summed E-state index contributed by atoms with van der Waals surface area (Å²) >= 11 is 1.63. The van der Waals surface area contributed by atoms with Crippen LogP contribution in [0.25, 0.3) is 0 Å². The molecule has 0 aromatic heterocycles. The predicted octanol–water partition coefficient (Wildman–Crippen LogP) is 5.60. The lowest BCUT2D eigenvalue weighted by atomic mass is 9.94. The molecule has 2 aliphatic heterocycles. The molecule has 5 rings (SSSR count). The zero-order valence-corrected chi connectivity index (χ0v) is 19.6. The van der Waals surface area contributed by atoms with Crippen LogP contribution in [0.1, 0.15) is 49.5 Å². The Labute approximate surface area is 198 Å². The van der Waals surface area contributed by atoms with Crippen molar-refractivity contribution >= 4 is 17.7 Å². The van der Waals surface area contributed by atoms with Crippen molar-refractivity contribution in [3.63, 3.8) is 0 Å². The molecule has 1 saturated carbocycles. The monoisotopic (exact) mass is 467 g/mol. The summed E-state index contributed by atoms with van der Waals surface area (Å²) < 4.78 is 23.2. The van der Waals surface area contributed by atoms with Gasteiger partial charge in [-0.2, -0.15) is 0 Å². The molecule has 33 heavy (non-hydrogen) atoms. The van der Waals surface area contributed by atoms with E-state index in [1.165, 1.54) is 25.4 Å². The second-order valence-electron chi connectivity index (χ2n) is 8.56. The van der Waals surface area contributed by atoms with Gasteiger partial charge in [-0.3, -0.25) is 4.79 Å². The Hall–Kier alpha value is -2.80. The summed E-state index contributed by atoms with van der Waals surface area (Å²) in [7, 11) is 1.66. The predicted molar refractivity (Wildman–Crippen MR) is 128 cm³/mol. The first kappa shape index (κ1) is 22.0. The maximum absolute atomic E-state index is 13.2. The first-order valence-corrected chi connectivity index (χ1v) is 12.6. The molecule has 1 saturated heterocycles. The Balaban J connectivity index is 1.49. The van der Waals surface area contributed by atoms with E-state index in [1.54, 1.807) is 25.1 Å². The lowest BCUT2D eigenvalue weighted by molar-refractivity contribution is -0.129. The maximum Gasteiger partial charge on any atom is 0.234 e. The second-order valence-corrected chi connectivity index (χ2v) is 9.62. The second kappa shape index (κ2) is 10.00. The number of allylic oxidation sites excluding steroid dienone is 3. The van der Waals surface area contributed by atoms with E-state index in [-0.39, 0.29) is 23.4 Å². The highest BCUT2D eigenvalue weighted by molar-refractivity contribution is 8.00. The van der Waals surface area contributed by atoms with Crippen molar-refractivity contribution in [3.05, 3.63) is 72.1 Å². The van der Waals surface area contributed by atoms with Crippen LogP contribution in [0, 0.1) is 0 Å². The third kappa shape index (κ3) is 4.64. The molecule has 0 N–H and O–H groups in total. The summed E-state index contributed by atoms with van der Waals surface area (Å²) in [6.45, 7) is 0. The topological polar surface area (TPSA) is 57.2 Å². The third-order valence-corrected chi connectivity index (χ3v) is 7.67. The molecular formula is C26H29NO5S. The van der Waals surface area contributed by atoms with Gasteiger partial charge in [0.2, 0.25) is 5.91 Å². The molecule has 6 nitrogen and oxygen atoms in total. The van der Waals surface area contributed by atoms with Gasteiger partial charge >= 0.3 is 0 Å². The van der Waals surface area contributed by atoms with Crippen molar-refractivity contribution in [2.45, 2.75) is 56.0 Å². The molecule has 2 atom stereocenters. The maximum atomic E-state index is 13.2. The standard InChI is InChI=1S/C26H29NO5S/c1-29-21-12-11-19(15-22(21)32-20-9-5-6-10-20)26-27(24(28)17-33-26)25(18-7-3-2-4-8-18)23-16-30-13-14-31-23/h2-3,7,11-16,20,25-26H,4-6,8-10,17H2,1H3. The quantitative estimate of drug-likeness (QED) is 0.521. The van der Waals surface area contributed by atoms with Crippen LogP contribution in [-0.4, -0.2) is 35.8 Å². The first-order chi connectivity index (χ1) is 16.2. The van der Waals surface area contributed by atoms with Gasteiger partial charge in [-0.1, -0.05) is 24.3 Å². The van der Waals surface area contributed by atoms with E-state index in [9.17, 15) is 4.79 Å². The fourth-order valence-corrected chi connectivity index (χ4v) is 6.03. The molecule has 174 valence electrons. The smallest absolute Gasteiger partial charge is 0.234 e. The molecule has 1 amide bonds. The largest absolute Gasteiger partial charge is 0.493 e. The zero-order valence-electron chi connectivity index (χ0n) is 18.8. The van der Waals surface area contributed by atoms with Crippen LogP contribution >= 0.6 is 11.8 Å². The molecule has 2 unspecified atom stereocenters. The van der Waals surface area contributed by atoms with E-state index in [4.69, 9.17) is 18.9 Å². The lowest BCUT2D eigenvalue weighted by Gasteiger charge is -2.36. The molecule has 7 heteroatoms. The molecule has 2 heterocycles. The molecule has 1 aromatic carbocycles. The van der Waals surface area contributed by atoms with E-state index in [1.807, 2.05) is 23.1 Å². The molecule has 0 bridgehead atoms. The third-order valence-electron chi connectivity index (χ3n) is 6.44. The normalized spacial score (nSPS) is 23.6. The number of hydrogen-bond donors (Lipinski definition) is 0. The summed E-state index contributed by atoms with van der Waals surface area (Å²) in [5, 5.41) is -0.165. The minimum Gasteiger partial charge on any atom is -0.493 e. The average Bonchev–Trinajstić information content (AvgIpc) is 3.51. The fraction of sp³-hybridized carbons (Fsp3) is 0.423. The van der Waals surface area contributed by atoms with Gasteiger partial charge in [0.25, 0.3) is 0 Å². The minimum absolute atomic E-state index is 0.0820. The molecule has 1 aromatic rings. The van der Waals surface area contributed by atoms with Crippen LogP contribution < -0.4 is 9.47 Å². The van der Waals surface area contributed by atoms with Crippen LogP contribution in [0.2, 0.25) is 0 Å². The van der Waals surface area contributed by atoms with Gasteiger partial charge in [-0.25, -0.2) is 0 Å².